The largest absolute Gasteiger partial charge is 0.298 e. The van der Waals surface area contributed by atoms with Crippen LogP contribution in [0, 0.1) is 0 Å². The summed E-state index contributed by atoms with van der Waals surface area (Å²) in [5, 5.41) is 7.36. The van der Waals surface area contributed by atoms with Gasteiger partial charge in [0.1, 0.15) is 5.66 Å². The number of hydrogen-bond donors (Lipinski definition) is 0. The van der Waals surface area contributed by atoms with Crippen molar-refractivity contribution in [2.45, 2.75) is 31.8 Å². The van der Waals surface area contributed by atoms with E-state index in [2.05, 4.69) is 116 Å². The minimum atomic E-state index is -0.330. The smallest absolute Gasteiger partial charge is 0.162 e. The number of amidine groups is 1. The summed E-state index contributed by atoms with van der Waals surface area (Å²) in [5.74, 6) is 1.000. The second kappa shape index (κ2) is 5.46. The lowest BCUT2D eigenvalue weighted by molar-refractivity contribution is 0.307. The molecule has 0 fully saturated rings. The fourth-order valence-electron chi connectivity index (χ4n) is 4.54. The fourth-order valence-corrected chi connectivity index (χ4v) is 4.54. The SMILES string of the molecule is CC1(C)c2ccccc2N2C(c3ccccc3)=NN(c3ccccc3)[C@@]21C. The first-order valence-corrected chi connectivity index (χ1v) is 9.44. The zero-order chi connectivity index (χ0) is 18.6. The van der Waals surface area contributed by atoms with E-state index in [9.17, 15) is 0 Å². The summed E-state index contributed by atoms with van der Waals surface area (Å²) in [6.07, 6.45) is 0. The highest BCUT2D eigenvalue weighted by atomic mass is 15.7. The third-order valence-electron chi connectivity index (χ3n) is 6.29. The van der Waals surface area contributed by atoms with Crippen molar-refractivity contribution >= 4 is 17.2 Å². The first-order chi connectivity index (χ1) is 13.0. The van der Waals surface area contributed by atoms with E-state index in [4.69, 9.17) is 5.10 Å². The van der Waals surface area contributed by atoms with Crippen LogP contribution in [0.3, 0.4) is 0 Å². The molecular weight excluding hydrogens is 330 g/mol. The zero-order valence-corrected chi connectivity index (χ0v) is 15.9. The lowest BCUT2D eigenvalue weighted by Gasteiger charge is -2.45. The van der Waals surface area contributed by atoms with Gasteiger partial charge in [-0.3, -0.25) is 4.90 Å². The number of hydrazone groups is 1. The van der Waals surface area contributed by atoms with Gasteiger partial charge >= 0.3 is 0 Å². The number of para-hydroxylation sites is 2. The van der Waals surface area contributed by atoms with E-state index in [1.54, 1.807) is 0 Å². The lowest BCUT2D eigenvalue weighted by Crippen LogP contribution is -2.60. The summed E-state index contributed by atoms with van der Waals surface area (Å²) < 4.78 is 0. The predicted octanol–water partition coefficient (Wildman–Crippen LogP) is 5.38. The maximum atomic E-state index is 5.16. The second-order valence-electron chi connectivity index (χ2n) is 7.94. The van der Waals surface area contributed by atoms with Crippen molar-refractivity contribution in [3.63, 3.8) is 0 Å². The number of rotatable bonds is 2. The van der Waals surface area contributed by atoms with Crippen molar-refractivity contribution in [3.05, 3.63) is 96.1 Å². The van der Waals surface area contributed by atoms with Crippen molar-refractivity contribution in [1.82, 2.24) is 0 Å². The van der Waals surface area contributed by atoms with Crippen LogP contribution in [0.1, 0.15) is 31.9 Å². The molecule has 3 heteroatoms. The van der Waals surface area contributed by atoms with Crippen LogP contribution in [-0.4, -0.2) is 11.5 Å². The molecule has 0 bridgehead atoms. The molecule has 27 heavy (non-hydrogen) atoms. The van der Waals surface area contributed by atoms with Gasteiger partial charge in [0, 0.05) is 16.7 Å². The Labute approximate surface area is 160 Å². The van der Waals surface area contributed by atoms with Gasteiger partial charge in [-0.2, -0.15) is 5.10 Å². The zero-order valence-electron chi connectivity index (χ0n) is 15.9. The Morgan fingerprint density at radius 3 is 2.00 bits per heavy atom. The number of benzene rings is 3. The van der Waals surface area contributed by atoms with Crippen molar-refractivity contribution in [1.29, 1.82) is 0 Å². The molecule has 3 aromatic carbocycles. The van der Waals surface area contributed by atoms with Gasteiger partial charge in [-0.25, -0.2) is 5.01 Å². The molecule has 1 atom stereocenters. The summed E-state index contributed by atoms with van der Waals surface area (Å²) >= 11 is 0. The number of hydrogen-bond acceptors (Lipinski definition) is 3. The molecule has 3 aromatic rings. The highest BCUT2D eigenvalue weighted by Crippen LogP contribution is 2.56. The molecule has 0 saturated heterocycles. The summed E-state index contributed by atoms with van der Waals surface area (Å²) in [7, 11) is 0. The molecule has 0 unspecified atom stereocenters. The lowest BCUT2D eigenvalue weighted by atomic mass is 9.76. The van der Waals surface area contributed by atoms with Crippen LogP contribution in [-0.2, 0) is 5.41 Å². The molecule has 0 radical (unpaired) electrons. The van der Waals surface area contributed by atoms with E-state index in [0.29, 0.717) is 0 Å². The van der Waals surface area contributed by atoms with Crippen molar-refractivity contribution in [2.24, 2.45) is 5.10 Å². The van der Waals surface area contributed by atoms with Crippen LogP contribution in [0.2, 0.25) is 0 Å². The van der Waals surface area contributed by atoms with Gasteiger partial charge in [0.05, 0.1) is 5.69 Å². The highest BCUT2D eigenvalue weighted by molar-refractivity contribution is 6.15. The first kappa shape index (κ1) is 16.1. The van der Waals surface area contributed by atoms with Crippen LogP contribution in [0.25, 0.3) is 0 Å². The normalized spacial score (nSPS) is 22.4. The third kappa shape index (κ3) is 2.00. The quantitative estimate of drug-likeness (QED) is 0.616. The second-order valence-corrected chi connectivity index (χ2v) is 7.94. The van der Waals surface area contributed by atoms with Crippen LogP contribution in [0.15, 0.2) is 90.0 Å². The van der Waals surface area contributed by atoms with Gasteiger partial charge in [-0.05, 0) is 30.7 Å². The van der Waals surface area contributed by atoms with E-state index >= 15 is 0 Å². The standard InChI is InChI=1S/C24H23N3/c1-23(2)20-16-10-11-17-21(20)26-22(18-12-6-4-7-13-18)25-27(24(23,26)3)19-14-8-5-9-15-19/h4-17H,1-3H3/t24-/m1/s1. The van der Waals surface area contributed by atoms with Gasteiger partial charge in [0.2, 0.25) is 0 Å². The summed E-state index contributed by atoms with van der Waals surface area (Å²) in [6.45, 7) is 6.95. The molecule has 0 saturated carbocycles. The van der Waals surface area contributed by atoms with Gasteiger partial charge in [0.15, 0.2) is 5.84 Å². The summed E-state index contributed by atoms with van der Waals surface area (Å²) in [5.41, 5.74) is 4.40. The summed E-state index contributed by atoms with van der Waals surface area (Å²) in [6, 6.07) is 29.7. The maximum Gasteiger partial charge on any atom is 0.162 e. The van der Waals surface area contributed by atoms with Gasteiger partial charge in [-0.15, -0.1) is 0 Å². The molecular formula is C24H23N3. The van der Waals surface area contributed by atoms with Gasteiger partial charge in [-0.1, -0.05) is 80.6 Å². The molecule has 2 heterocycles. The topological polar surface area (TPSA) is 18.8 Å². The number of anilines is 2. The number of nitrogens with zero attached hydrogens (tertiary/aromatic N) is 3. The summed E-state index contributed by atoms with van der Waals surface area (Å²) in [4.78, 5) is 2.42. The van der Waals surface area contributed by atoms with E-state index < -0.39 is 0 Å². The highest BCUT2D eigenvalue weighted by Gasteiger charge is 2.62. The van der Waals surface area contributed by atoms with E-state index in [1.165, 1.54) is 11.3 Å². The molecule has 3 nitrogen and oxygen atoms in total. The van der Waals surface area contributed by atoms with Crippen molar-refractivity contribution < 1.29 is 0 Å². The first-order valence-electron chi connectivity index (χ1n) is 9.44. The van der Waals surface area contributed by atoms with Gasteiger partial charge in [0.25, 0.3) is 0 Å². The Morgan fingerprint density at radius 2 is 1.30 bits per heavy atom. The molecule has 0 spiro atoms. The van der Waals surface area contributed by atoms with Crippen LogP contribution in [0.5, 0.6) is 0 Å². The average Bonchev–Trinajstić information content (AvgIpc) is 3.12. The van der Waals surface area contributed by atoms with E-state index in [1.807, 2.05) is 0 Å². The van der Waals surface area contributed by atoms with E-state index in [0.717, 1.165) is 17.1 Å². The Hall–Kier alpha value is -3.07. The average molecular weight is 353 g/mol. The molecule has 0 amide bonds. The van der Waals surface area contributed by atoms with Crippen LogP contribution < -0.4 is 9.91 Å². The van der Waals surface area contributed by atoms with E-state index in [-0.39, 0.29) is 11.1 Å². The Morgan fingerprint density at radius 1 is 0.704 bits per heavy atom. The molecule has 0 N–H and O–H groups in total. The minimum Gasteiger partial charge on any atom is -0.298 e. The predicted molar refractivity (Wildman–Crippen MR) is 112 cm³/mol. The number of fused-ring (bicyclic) bond motifs is 3. The van der Waals surface area contributed by atoms with Crippen molar-refractivity contribution in [3.8, 4) is 0 Å². The minimum absolute atomic E-state index is 0.112. The maximum absolute atomic E-state index is 5.16. The Kier molecular flexibility index (Phi) is 3.26. The molecule has 134 valence electrons. The van der Waals surface area contributed by atoms with Crippen molar-refractivity contribution in [2.75, 3.05) is 9.91 Å². The van der Waals surface area contributed by atoms with Gasteiger partial charge < -0.3 is 0 Å². The Bertz CT molecular complexity index is 1020. The van der Waals surface area contributed by atoms with Crippen LogP contribution in [0.4, 0.5) is 11.4 Å². The molecule has 0 aromatic heterocycles. The van der Waals surface area contributed by atoms with Crippen LogP contribution >= 0.6 is 0 Å². The molecule has 2 aliphatic heterocycles. The molecule has 0 aliphatic carbocycles. The Balaban J connectivity index is 1.79. The monoisotopic (exact) mass is 353 g/mol. The third-order valence-corrected chi connectivity index (χ3v) is 6.29. The molecule has 5 rings (SSSR count). The molecule has 2 aliphatic rings. The fraction of sp³-hybridized carbons (Fsp3) is 0.208.